The summed E-state index contributed by atoms with van der Waals surface area (Å²) in [4.78, 5) is 46.6. The van der Waals surface area contributed by atoms with Crippen LogP contribution in [0, 0.1) is 0 Å². The lowest BCUT2D eigenvalue weighted by Gasteiger charge is -2.44. The highest BCUT2D eigenvalue weighted by molar-refractivity contribution is 5.73. The predicted molar refractivity (Wildman–Crippen MR) is 109 cm³/mol. The number of unbranched alkanes of at least 4 members (excludes halogenated alkanes) is 4. The Balaban J connectivity index is 3.07. The van der Waals surface area contributed by atoms with Crippen LogP contribution in [0.25, 0.3) is 0 Å². The minimum atomic E-state index is -1.11. The van der Waals surface area contributed by atoms with Crippen molar-refractivity contribution >= 4 is 23.8 Å². The van der Waals surface area contributed by atoms with E-state index in [1.165, 1.54) is 27.7 Å². The number of hydrogen-bond acceptors (Lipinski definition) is 9. The fraction of sp³-hybridized carbons (Fsp3) is 0.810. The van der Waals surface area contributed by atoms with Gasteiger partial charge in [-0.2, -0.15) is 0 Å². The standard InChI is InChI=1S/C21H35NO9/c1-6-7-8-9-10-11-27-21-18(22-13(2)23)20(30-16(5)26)19(29-15(4)25)17(31-21)12-28-14(3)24/h17-21H,6-12H2,1-5H3,(H,22,23)/t17-,18+,19+,20+,21-/m1/s1. The first kappa shape index (κ1) is 26.8. The number of rotatable bonds is 12. The molecular weight excluding hydrogens is 410 g/mol. The summed E-state index contributed by atoms with van der Waals surface area (Å²) in [6, 6.07) is -0.921. The predicted octanol–water partition coefficient (Wildman–Crippen LogP) is 1.63. The summed E-state index contributed by atoms with van der Waals surface area (Å²) in [6.07, 6.45) is 0.957. The molecule has 1 aliphatic heterocycles. The molecule has 1 fully saturated rings. The molecule has 0 saturated carbocycles. The SMILES string of the molecule is CCCCCCCO[C@@H]1O[C@H](COC(C)=O)[C@H](OC(C)=O)[C@@H](OC(C)=O)[C@@H]1NC(C)=O. The maximum absolute atomic E-state index is 11.8. The van der Waals surface area contributed by atoms with Crippen LogP contribution in [0.1, 0.15) is 66.7 Å². The Kier molecular flexibility index (Phi) is 12.1. The number of amides is 1. The summed E-state index contributed by atoms with van der Waals surface area (Å²) in [5, 5.41) is 2.67. The third-order valence-corrected chi connectivity index (χ3v) is 4.60. The topological polar surface area (TPSA) is 126 Å². The molecule has 1 amide bonds. The van der Waals surface area contributed by atoms with E-state index in [2.05, 4.69) is 12.2 Å². The van der Waals surface area contributed by atoms with Gasteiger partial charge in [-0.1, -0.05) is 32.6 Å². The lowest BCUT2D eigenvalue weighted by Crippen LogP contribution is -2.66. The van der Waals surface area contributed by atoms with Gasteiger partial charge in [0, 0.05) is 34.3 Å². The number of ether oxygens (including phenoxy) is 5. The normalized spacial score (nSPS) is 25.4. The highest BCUT2D eigenvalue weighted by atomic mass is 16.7. The highest BCUT2D eigenvalue weighted by Gasteiger charge is 2.51. The van der Waals surface area contributed by atoms with Crippen molar-refractivity contribution in [3.63, 3.8) is 0 Å². The smallest absolute Gasteiger partial charge is 0.303 e. The van der Waals surface area contributed by atoms with Gasteiger partial charge in [0.25, 0.3) is 0 Å². The Labute approximate surface area is 183 Å². The zero-order valence-corrected chi connectivity index (χ0v) is 19.0. The molecule has 10 heteroatoms. The van der Waals surface area contributed by atoms with Crippen LogP contribution in [0.4, 0.5) is 0 Å². The Morgan fingerprint density at radius 1 is 0.839 bits per heavy atom. The van der Waals surface area contributed by atoms with Crippen molar-refractivity contribution in [1.82, 2.24) is 5.32 Å². The number of esters is 3. The maximum Gasteiger partial charge on any atom is 0.303 e. The van der Waals surface area contributed by atoms with Gasteiger partial charge in [0.1, 0.15) is 18.8 Å². The molecule has 0 radical (unpaired) electrons. The van der Waals surface area contributed by atoms with Gasteiger partial charge in [-0.3, -0.25) is 19.2 Å². The average Bonchev–Trinajstić information content (AvgIpc) is 2.66. The van der Waals surface area contributed by atoms with Gasteiger partial charge in [0.2, 0.25) is 5.91 Å². The van der Waals surface area contributed by atoms with E-state index in [9.17, 15) is 19.2 Å². The van der Waals surface area contributed by atoms with E-state index in [1.54, 1.807) is 0 Å². The van der Waals surface area contributed by atoms with Gasteiger partial charge >= 0.3 is 17.9 Å². The lowest BCUT2D eigenvalue weighted by atomic mass is 9.96. The van der Waals surface area contributed by atoms with Crippen molar-refractivity contribution < 1.29 is 42.9 Å². The molecule has 1 rings (SSSR count). The second-order valence-electron chi connectivity index (χ2n) is 7.50. The average molecular weight is 446 g/mol. The number of nitrogens with one attached hydrogen (secondary N) is 1. The minimum absolute atomic E-state index is 0.242. The molecule has 178 valence electrons. The van der Waals surface area contributed by atoms with E-state index in [0.29, 0.717) is 6.61 Å². The molecule has 0 spiro atoms. The van der Waals surface area contributed by atoms with Crippen LogP contribution < -0.4 is 5.32 Å². The molecule has 1 aliphatic rings. The van der Waals surface area contributed by atoms with E-state index in [1.807, 2.05) is 0 Å². The molecule has 0 aromatic carbocycles. The van der Waals surface area contributed by atoms with E-state index in [4.69, 9.17) is 23.7 Å². The van der Waals surface area contributed by atoms with Crippen molar-refractivity contribution in [2.45, 2.75) is 97.4 Å². The van der Waals surface area contributed by atoms with Crippen LogP contribution in [-0.4, -0.2) is 67.7 Å². The first-order valence-electron chi connectivity index (χ1n) is 10.7. The minimum Gasteiger partial charge on any atom is -0.463 e. The van der Waals surface area contributed by atoms with Crippen molar-refractivity contribution in [3.8, 4) is 0 Å². The van der Waals surface area contributed by atoms with Gasteiger partial charge in [-0.25, -0.2) is 0 Å². The molecule has 5 atom stereocenters. The summed E-state index contributed by atoms with van der Waals surface area (Å²) >= 11 is 0. The molecular formula is C21H35NO9. The van der Waals surface area contributed by atoms with Crippen molar-refractivity contribution in [1.29, 1.82) is 0 Å². The van der Waals surface area contributed by atoms with E-state index in [0.717, 1.165) is 32.1 Å². The van der Waals surface area contributed by atoms with Gasteiger partial charge in [0.15, 0.2) is 18.5 Å². The molecule has 0 aromatic rings. The monoisotopic (exact) mass is 445 g/mol. The highest BCUT2D eigenvalue weighted by Crippen LogP contribution is 2.28. The Morgan fingerprint density at radius 2 is 1.45 bits per heavy atom. The van der Waals surface area contributed by atoms with Crippen LogP contribution in [-0.2, 0) is 42.9 Å². The molecule has 1 saturated heterocycles. The van der Waals surface area contributed by atoms with Crippen LogP contribution in [0.3, 0.4) is 0 Å². The Hall–Kier alpha value is -2.20. The van der Waals surface area contributed by atoms with Gasteiger partial charge < -0.3 is 29.0 Å². The van der Waals surface area contributed by atoms with Gasteiger partial charge in [-0.15, -0.1) is 0 Å². The quantitative estimate of drug-likeness (QED) is 0.271. The molecule has 31 heavy (non-hydrogen) atoms. The molecule has 0 bridgehead atoms. The largest absolute Gasteiger partial charge is 0.463 e. The summed E-state index contributed by atoms with van der Waals surface area (Å²) in [5.74, 6) is -2.23. The zero-order valence-electron chi connectivity index (χ0n) is 19.0. The third-order valence-electron chi connectivity index (χ3n) is 4.60. The van der Waals surface area contributed by atoms with Crippen molar-refractivity contribution in [3.05, 3.63) is 0 Å². The number of carbonyl (C=O) groups is 4. The van der Waals surface area contributed by atoms with Crippen LogP contribution in [0.2, 0.25) is 0 Å². The van der Waals surface area contributed by atoms with Gasteiger partial charge in [-0.05, 0) is 6.42 Å². The third kappa shape index (κ3) is 10.1. The summed E-state index contributed by atoms with van der Waals surface area (Å²) < 4.78 is 27.6. The fourth-order valence-electron chi connectivity index (χ4n) is 3.34. The van der Waals surface area contributed by atoms with Crippen LogP contribution in [0.15, 0.2) is 0 Å². The Morgan fingerprint density at radius 3 is 2.00 bits per heavy atom. The van der Waals surface area contributed by atoms with E-state index in [-0.39, 0.29) is 6.61 Å². The first-order chi connectivity index (χ1) is 14.6. The van der Waals surface area contributed by atoms with E-state index < -0.39 is 54.5 Å². The molecule has 1 N–H and O–H groups in total. The maximum atomic E-state index is 11.8. The lowest BCUT2D eigenvalue weighted by molar-refractivity contribution is -0.277. The summed E-state index contributed by atoms with van der Waals surface area (Å²) in [5.41, 5.74) is 0. The second-order valence-corrected chi connectivity index (χ2v) is 7.50. The fourth-order valence-corrected chi connectivity index (χ4v) is 3.34. The van der Waals surface area contributed by atoms with Crippen molar-refractivity contribution in [2.75, 3.05) is 13.2 Å². The van der Waals surface area contributed by atoms with Crippen LogP contribution in [0.5, 0.6) is 0 Å². The molecule has 0 aromatic heterocycles. The number of carbonyl (C=O) groups excluding carboxylic acids is 4. The molecule has 0 aliphatic carbocycles. The summed E-state index contributed by atoms with van der Waals surface area (Å²) in [6.45, 7) is 7.18. The molecule has 10 nitrogen and oxygen atoms in total. The van der Waals surface area contributed by atoms with Gasteiger partial charge in [0.05, 0.1) is 0 Å². The Bertz CT molecular complexity index is 610. The summed E-state index contributed by atoms with van der Waals surface area (Å²) in [7, 11) is 0. The van der Waals surface area contributed by atoms with Crippen molar-refractivity contribution in [2.24, 2.45) is 0 Å². The molecule has 0 unspecified atom stereocenters. The van der Waals surface area contributed by atoms with Crippen LogP contribution >= 0.6 is 0 Å². The molecule has 1 heterocycles. The first-order valence-corrected chi connectivity index (χ1v) is 10.7. The zero-order chi connectivity index (χ0) is 23.4. The second kappa shape index (κ2) is 14.0. The number of hydrogen-bond donors (Lipinski definition) is 1. The van der Waals surface area contributed by atoms with E-state index >= 15 is 0 Å².